The highest BCUT2D eigenvalue weighted by Gasteiger charge is 2.35. The average molecular weight is 278 g/mol. The van der Waals surface area contributed by atoms with Crippen LogP contribution >= 0.6 is 0 Å². The number of nitrogen functional groups attached to an aromatic ring is 1. The van der Waals surface area contributed by atoms with Crippen molar-refractivity contribution in [3.8, 4) is 0 Å². The SMILES string of the molecule is CCC1(CC)CC(NC(=O)c2cncc(N)n2)CCO1. The Labute approximate surface area is 119 Å². The van der Waals surface area contributed by atoms with E-state index in [1.165, 1.54) is 12.4 Å². The van der Waals surface area contributed by atoms with Gasteiger partial charge in [-0.3, -0.25) is 9.78 Å². The first-order chi connectivity index (χ1) is 9.58. The minimum Gasteiger partial charge on any atom is -0.382 e. The molecule has 1 amide bonds. The maximum Gasteiger partial charge on any atom is 0.271 e. The number of nitrogens with two attached hydrogens (primary N) is 1. The largest absolute Gasteiger partial charge is 0.382 e. The van der Waals surface area contributed by atoms with Gasteiger partial charge in [-0.15, -0.1) is 0 Å². The van der Waals surface area contributed by atoms with Gasteiger partial charge in [0, 0.05) is 12.6 Å². The van der Waals surface area contributed by atoms with Crippen LogP contribution in [0.4, 0.5) is 5.82 Å². The topological polar surface area (TPSA) is 90.1 Å². The maximum absolute atomic E-state index is 12.1. The molecule has 0 aromatic carbocycles. The van der Waals surface area contributed by atoms with E-state index in [1.54, 1.807) is 0 Å². The summed E-state index contributed by atoms with van der Waals surface area (Å²) in [5, 5.41) is 3.01. The molecule has 2 heterocycles. The van der Waals surface area contributed by atoms with Crippen molar-refractivity contribution in [1.82, 2.24) is 15.3 Å². The maximum atomic E-state index is 12.1. The lowest BCUT2D eigenvalue weighted by Gasteiger charge is -2.40. The van der Waals surface area contributed by atoms with E-state index in [9.17, 15) is 4.79 Å². The van der Waals surface area contributed by atoms with Gasteiger partial charge in [0.15, 0.2) is 0 Å². The molecule has 1 aliphatic rings. The van der Waals surface area contributed by atoms with Crippen LogP contribution in [0, 0.1) is 0 Å². The fraction of sp³-hybridized carbons (Fsp3) is 0.643. The zero-order valence-electron chi connectivity index (χ0n) is 12.1. The molecule has 1 aromatic heterocycles. The van der Waals surface area contributed by atoms with E-state index in [-0.39, 0.29) is 29.1 Å². The number of carbonyl (C=O) groups is 1. The van der Waals surface area contributed by atoms with Crippen LogP contribution < -0.4 is 11.1 Å². The molecule has 1 fully saturated rings. The van der Waals surface area contributed by atoms with Crippen LogP contribution in [0.5, 0.6) is 0 Å². The molecule has 0 spiro atoms. The highest BCUT2D eigenvalue weighted by atomic mass is 16.5. The summed E-state index contributed by atoms with van der Waals surface area (Å²) in [4.78, 5) is 20.0. The van der Waals surface area contributed by atoms with Gasteiger partial charge >= 0.3 is 0 Å². The number of hydrogen-bond acceptors (Lipinski definition) is 5. The van der Waals surface area contributed by atoms with Crippen molar-refractivity contribution < 1.29 is 9.53 Å². The minimum absolute atomic E-state index is 0.111. The molecule has 110 valence electrons. The second-order valence-electron chi connectivity index (χ2n) is 5.23. The van der Waals surface area contributed by atoms with Gasteiger partial charge in [-0.25, -0.2) is 4.98 Å². The van der Waals surface area contributed by atoms with Gasteiger partial charge in [0.1, 0.15) is 11.5 Å². The van der Waals surface area contributed by atoms with E-state index >= 15 is 0 Å². The third-order valence-electron chi connectivity index (χ3n) is 4.00. The number of ether oxygens (including phenoxy) is 1. The van der Waals surface area contributed by atoms with Crippen molar-refractivity contribution in [3.05, 3.63) is 18.1 Å². The summed E-state index contributed by atoms with van der Waals surface area (Å²) in [6, 6.07) is 0.111. The highest BCUT2D eigenvalue weighted by molar-refractivity contribution is 5.92. The number of anilines is 1. The van der Waals surface area contributed by atoms with Crippen LogP contribution in [0.2, 0.25) is 0 Å². The molecule has 0 saturated carbocycles. The number of carbonyl (C=O) groups excluding carboxylic acids is 1. The number of amides is 1. The van der Waals surface area contributed by atoms with Crippen molar-refractivity contribution >= 4 is 11.7 Å². The predicted octanol–water partition coefficient (Wildman–Crippen LogP) is 1.53. The van der Waals surface area contributed by atoms with E-state index in [0.717, 1.165) is 25.7 Å². The van der Waals surface area contributed by atoms with Gasteiger partial charge in [-0.2, -0.15) is 0 Å². The second kappa shape index (κ2) is 6.17. The Morgan fingerprint density at radius 2 is 2.25 bits per heavy atom. The lowest BCUT2D eigenvalue weighted by molar-refractivity contribution is -0.0918. The average Bonchev–Trinajstić information content (AvgIpc) is 2.47. The van der Waals surface area contributed by atoms with Crippen LogP contribution in [-0.4, -0.2) is 34.1 Å². The van der Waals surface area contributed by atoms with Gasteiger partial charge in [0.05, 0.1) is 18.0 Å². The molecule has 2 rings (SSSR count). The molecule has 20 heavy (non-hydrogen) atoms. The van der Waals surface area contributed by atoms with Gasteiger partial charge < -0.3 is 15.8 Å². The van der Waals surface area contributed by atoms with Crippen molar-refractivity contribution in [3.63, 3.8) is 0 Å². The quantitative estimate of drug-likeness (QED) is 0.871. The van der Waals surface area contributed by atoms with Gasteiger partial charge in [0.25, 0.3) is 5.91 Å². The summed E-state index contributed by atoms with van der Waals surface area (Å²) in [5.41, 5.74) is 5.69. The Bertz CT molecular complexity index is 474. The molecule has 1 atom stereocenters. The van der Waals surface area contributed by atoms with E-state index in [0.29, 0.717) is 6.61 Å². The van der Waals surface area contributed by atoms with Gasteiger partial charge in [-0.05, 0) is 25.7 Å². The Morgan fingerprint density at radius 3 is 2.90 bits per heavy atom. The fourth-order valence-electron chi connectivity index (χ4n) is 2.64. The smallest absolute Gasteiger partial charge is 0.271 e. The number of hydrogen-bond donors (Lipinski definition) is 2. The molecule has 1 aromatic rings. The monoisotopic (exact) mass is 278 g/mol. The third kappa shape index (κ3) is 3.25. The molecule has 0 radical (unpaired) electrons. The Morgan fingerprint density at radius 1 is 1.50 bits per heavy atom. The summed E-state index contributed by atoms with van der Waals surface area (Å²) in [7, 11) is 0. The summed E-state index contributed by atoms with van der Waals surface area (Å²) in [6.07, 6.45) is 6.41. The van der Waals surface area contributed by atoms with E-state index < -0.39 is 0 Å². The van der Waals surface area contributed by atoms with Crippen molar-refractivity contribution in [2.24, 2.45) is 0 Å². The fourth-order valence-corrected chi connectivity index (χ4v) is 2.64. The van der Waals surface area contributed by atoms with Crippen LogP contribution in [0.1, 0.15) is 50.0 Å². The predicted molar refractivity (Wildman–Crippen MR) is 76.2 cm³/mol. The normalized spacial score (nSPS) is 21.4. The molecule has 0 aliphatic carbocycles. The summed E-state index contributed by atoms with van der Waals surface area (Å²) >= 11 is 0. The first-order valence-electron chi connectivity index (χ1n) is 7.11. The van der Waals surface area contributed by atoms with Crippen molar-refractivity contribution in [1.29, 1.82) is 0 Å². The first-order valence-corrected chi connectivity index (χ1v) is 7.11. The number of rotatable bonds is 4. The minimum atomic E-state index is -0.224. The van der Waals surface area contributed by atoms with Gasteiger partial charge in [-0.1, -0.05) is 13.8 Å². The zero-order valence-corrected chi connectivity index (χ0v) is 12.1. The molecular weight excluding hydrogens is 256 g/mol. The third-order valence-corrected chi connectivity index (χ3v) is 4.00. The van der Waals surface area contributed by atoms with Crippen LogP contribution in [-0.2, 0) is 4.74 Å². The summed E-state index contributed by atoms with van der Waals surface area (Å²) in [5.74, 6) is 0.0268. The first kappa shape index (κ1) is 14.7. The zero-order chi connectivity index (χ0) is 14.6. The van der Waals surface area contributed by atoms with Crippen molar-refractivity contribution in [2.45, 2.75) is 51.2 Å². The highest BCUT2D eigenvalue weighted by Crippen LogP contribution is 2.31. The van der Waals surface area contributed by atoms with Crippen LogP contribution in [0.15, 0.2) is 12.4 Å². The summed E-state index contributed by atoms with van der Waals surface area (Å²) < 4.78 is 5.90. The Hall–Kier alpha value is -1.69. The lowest BCUT2D eigenvalue weighted by Crippen LogP contribution is -2.48. The number of nitrogens with one attached hydrogen (secondary N) is 1. The van der Waals surface area contributed by atoms with Crippen LogP contribution in [0.25, 0.3) is 0 Å². The molecule has 1 unspecified atom stereocenters. The number of aromatic nitrogens is 2. The van der Waals surface area contributed by atoms with Crippen LogP contribution in [0.3, 0.4) is 0 Å². The number of nitrogens with zero attached hydrogens (tertiary/aromatic N) is 2. The molecule has 6 nitrogen and oxygen atoms in total. The molecule has 6 heteroatoms. The Balaban J connectivity index is 2.01. The molecule has 3 N–H and O–H groups in total. The Kier molecular flexibility index (Phi) is 4.54. The molecule has 0 bridgehead atoms. The molecular formula is C14H22N4O2. The van der Waals surface area contributed by atoms with E-state index in [2.05, 4.69) is 29.1 Å². The molecule has 1 aliphatic heterocycles. The molecule has 1 saturated heterocycles. The second-order valence-corrected chi connectivity index (χ2v) is 5.23. The van der Waals surface area contributed by atoms with Crippen molar-refractivity contribution in [2.75, 3.05) is 12.3 Å². The lowest BCUT2D eigenvalue weighted by atomic mass is 9.86. The summed E-state index contributed by atoms with van der Waals surface area (Å²) in [6.45, 7) is 4.92. The van der Waals surface area contributed by atoms with E-state index in [4.69, 9.17) is 10.5 Å². The van der Waals surface area contributed by atoms with E-state index in [1.807, 2.05) is 0 Å². The standard InChI is InChI=1S/C14H22N4O2/c1-3-14(4-2)7-10(5-6-20-14)17-13(19)11-8-16-9-12(15)18-11/h8-10H,3-7H2,1-2H3,(H2,15,18)(H,17,19). The van der Waals surface area contributed by atoms with Gasteiger partial charge in [0.2, 0.25) is 0 Å².